The Hall–Kier alpha value is -0.420. The Labute approximate surface area is 141 Å². The van der Waals surface area contributed by atoms with E-state index >= 15 is 0 Å². The number of nitrogens with one attached hydrogen (secondary N) is 1. The molecule has 2 bridgehead atoms. The number of carbonyl (C=O) groups excluding carboxylic acids is 1. The van der Waals surface area contributed by atoms with E-state index in [0.717, 1.165) is 24.4 Å². The molecule has 2 fully saturated rings. The summed E-state index contributed by atoms with van der Waals surface area (Å²) in [6.45, 7) is 1.63. The number of hydrogen-bond acceptors (Lipinski definition) is 3. The van der Waals surface area contributed by atoms with Crippen molar-refractivity contribution in [2.45, 2.75) is 36.2 Å². The maximum atomic E-state index is 12.7. The van der Waals surface area contributed by atoms with Crippen LogP contribution in [0.2, 0.25) is 5.02 Å². The Morgan fingerprint density at radius 3 is 2.86 bits per heavy atom. The number of fused-ring (bicyclic) bond motifs is 2. The van der Waals surface area contributed by atoms with Crippen molar-refractivity contribution in [2.24, 2.45) is 0 Å². The molecule has 0 aliphatic carbocycles. The summed E-state index contributed by atoms with van der Waals surface area (Å²) < 4.78 is 0. The minimum Gasteiger partial charge on any atom is -0.337 e. The molecule has 1 aromatic carbocycles. The summed E-state index contributed by atoms with van der Waals surface area (Å²) in [5.41, 5.74) is 0.635. The van der Waals surface area contributed by atoms with Gasteiger partial charge in [0.05, 0.1) is 10.6 Å². The number of hydrogen-bond donors (Lipinski definition) is 1. The van der Waals surface area contributed by atoms with Crippen LogP contribution in [-0.2, 0) is 0 Å². The maximum Gasteiger partial charge on any atom is 0.255 e. The van der Waals surface area contributed by atoms with Crippen LogP contribution in [0.1, 0.15) is 29.6 Å². The van der Waals surface area contributed by atoms with Crippen molar-refractivity contribution in [3.63, 3.8) is 0 Å². The normalized spacial score (nSPS) is 24.4. The summed E-state index contributed by atoms with van der Waals surface area (Å²) in [6.07, 6.45) is 5.47. The average molecular weight is 347 g/mol. The molecule has 1 aromatic rings. The summed E-state index contributed by atoms with van der Waals surface area (Å²) >= 11 is 7.84. The molecule has 116 valence electrons. The molecule has 1 N–H and O–H groups in total. The molecule has 2 unspecified atom stereocenters. The van der Waals surface area contributed by atoms with Gasteiger partial charge in [0.2, 0.25) is 0 Å². The van der Waals surface area contributed by atoms with Gasteiger partial charge in [-0.05, 0) is 43.7 Å². The van der Waals surface area contributed by atoms with Crippen LogP contribution in [0.4, 0.5) is 0 Å². The standard InChI is InChI=1S/C15H19ClN2OS.ClH/c1-20-12-4-5-14(16)13(8-12)15(19)18-7-6-10-2-3-11(9-18)17-10;/h4-5,8,10-11,17H,2-3,6-7,9H2,1H3;1H. The first-order chi connectivity index (χ1) is 9.67. The van der Waals surface area contributed by atoms with Crippen LogP contribution in [-0.4, -0.2) is 42.2 Å². The van der Waals surface area contributed by atoms with E-state index in [-0.39, 0.29) is 18.3 Å². The molecule has 21 heavy (non-hydrogen) atoms. The van der Waals surface area contributed by atoms with E-state index < -0.39 is 0 Å². The van der Waals surface area contributed by atoms with E-state index in [2.05, 4.69) is 5.32 Å². The zero-order chi connectivity index (χ0) is 14.1. The number of benzene rings is 1. The minimum absolute atomic E-state index is 0. The molecule has 0 saturated carbocycles. The number of carbonyl (C=O) groups is 1. The van der Waals surface area contributed by atoms with Crippen molar-refractivity contribution < 1.29 is 4.79 Å². The van der Waals surface area contributed by atoms with Gasteiger partial charge in [0.15, 0.2) is 0 Å². The van der Waals surface area contributed by atoms with E-state index in [0.29, 0.717) is 22.7 Å². The predicted molar refractivity (Wildman–Crippen MR) is 90.9 cm³/mol. The Morgan fingerprint density at radius 2 is 2.10 bits per heavy atom. The number of nitrogens with zero attached hydrogens (tertiary/aromatic N) is 1. The molecule has 3 rings (SSSR count). The zero-order valence-electron chi connectivity index (χ0n) is 12.0. The van der Waals surface area contributed by atoms with Gasteiger partial charge < -0.3 is 10.2 Å². The highest BCUT2D eigenvalue weighted by atomic mass is 35.5. The molecule has 0 aromatic heterocycles. The lowest BCUT2D eigenvalue weighted by atomic mass is 10.1. The summed E-state index contributed by atoms with van der Waals surface area (Å²) in [4.78, 5) is 15.8. The molecule has 2 saturated heterocycles. The van der Waals surface area contributed by atoms with E-state index in [1.54, 1.807) is 11.8 Å². The number of thioether (sulfide) groups is 1. The SMILES string of the molecule is CSc1ccc(Cl)c(C(=O)N2CCC3CCC(C2)N3)c1.Cl. The lowest BCUT2D eigenvalue weighted by molar-refractivity contribution is 0.0748. The van der Waals surface area contributed by atoms with E-state index in [1.165, 1.54) is 12.8 Å². The fraction of sp³-hybridized carbons (Fsp3) is 0.533. The molecule has 1 amide bonds. The highest BCUT2D eigenvalue weighted by molar-refractivity contribution is 7.98. The van der Waals surface area contributed by atoms with Gasteiger partial charge in [0, 0.05) is 30.1 Å². The summed E-state index contributed by atoms with van der Waals surface area (Å²) in [5, 5.41) is 4.15. The van der Waals surface area contributed by atoms with Crippen LogP contribution in [0.25, 0.3) is 0 Å². The smallest absolute Gasteiger partial charge is 0.255 e. The Balaban J connectivity index is 0.00000161. The predicted octanol–water partition coefficient (Wildman–Crippen LogP) is 3.45. The van der Waals surface area contributed by atoms with Gasteiger partial charge in [0.25, 0.3) is 5.91 Å². The summed E-state index contributed by atoms with van der Waals surface area (Å²) in [5.74, 6) is 0.0697. The minimum atomic E-state index is 0. The van der Waals surface area contributed by atoms with Crippen molar-refractivity contribution in [3.05, 3.63) is 28.8 Å². The van der Waals surface area contributed by atoms with Crippen molar-refractivity contribution in [1.29, 1.82) is 0 Å². The van der Waals surface area contributed by atoms with Crippen molar-refractivity contribution in [3.8, 4) is 0 Å². The monoisotopic (exact) mass is 346 g/mol. The number of halogens is 2. The third-order valence-electron chi connectivity index (χ3n) is 4.21. The number of likely N-dealkylation sites (tertiary alicyclic amines) is 1. The molecule has 2 aliphatic rings. The molecule has 0 spiro atoms. The molecular weight excluding hydrogens is 327 g/mol. The van der Waals surface area contributed by atoms with Gasteiger partial charge in [-0.3, -0.25) is 4.79 Å². The molecule has 0 radical (unpaired) electrons. The molecule has 2 heterocycles. The van der Waals surface area contributed by atoms with Gasteiger partial charge in [-0.25, -0.2) is 0 Å². The zero-order valence-corrected chi connectivity index (χ0v) is 14.4. The second-order valence-electron chi connectivity index (χ2n) is 5.52. The van der Waals surface area contributed by atoms with Gasteiger partial charge in [0.1, 0.15) is 0 Å². The highest BCUT2D eigenvalue weighted by Gasteiger charge is 2.31. The average Bonchev–Trinajstić information content (AvgIpc) is 2.78. The second kappa shape index (κ2) is 7.23. The molecule has 3 nitrogen and oxygen atoms in total. The van der Waals surface area contributed by atoms with Crippen molar-refractivity contribution >= 4 is 41.7 Å². The topological polar surface area (TPSA) is 32.3 Å². The molecule has 2 atom stereocenters. The summed E-state index contributed by atoms with van der Waals surface area (Å²) in [7, 11) is 0. The van der Waals surface area contributed by atoms with Crippen LogP contribution < -0.4 is 5.32 Å². The Bertz CT molecular complexity index is 526. The summed E-state index contributed by atoms with van der Waals surface area (Å²) in [6, 6.07) is 6.73. The third kappa shape index (κ3) is 3.67. The number of rotatable bonds is 2. The van der Waals surface area contributed by atoms with Gasteiger partial charge in [-0.1, -0.05) is 11.6 Å². The highest BCUT2D eigenvalue weighted by Crippen LogP contribution is 2.26. The van der Waals surface area contributed by atoms with E-state index in [4.69, 9.17) is 11.6 Å². The lowest BCUT2D eigenvalue weighted by Crippen LogP contribution is -2.39. The first-order valence-corrected chi connectivity index (χ1v) is 8.66. The van der Waals surface area contributed by atoms with Crippen LogP contribution in [0, 0.1) is 0 Å². The first kappa shape index (κ1) is 16.9. The second-order valence-corrected chi connectivity index (χ2v) is 6.81. The van der Waals surface area contributed by atoms with Crippen LogP contribution in [0.3, 0.4) is 0 Å². The van der Waals surface area contributed by atoms with Crippen LogP contribution >= 0.6 is 35.8 Å². The molecule has 6 heteroatoms. The van der Waals surface area contributed by atoms with Gasteiger partial charge >= 0.3 is 0 Å². The first-order valence-electron chi connectivity index (χ1n) is 7.06. The van der Waals surface area contributed by atoms with Crippen LogP contribution in [0.15, 0.2) is 23.1 Å². The number of amides is 1. The molecule has 2 aliphatic heterocycles. The van der Waals surface area contributed by atoms with Crippen molar-refractivity contribution in [2.75, 3.05) is 19.3 Å². The van der Waals surface area contributed by atoms with E-state index in [1.807, 2.05) is 29.4 Å². The quantitative estimate of drug-likeness (QED) is 0.832. The fourth-order valence-corrected chi connectivity index (χ4v) is 3.73. The maximum absolute atomic E-state index is 12.7. The van der Waals surface area contributed by atoms with Gasteiger partial charge in [-0.2, -0.15) is 0 Å². The van der Waals surface area contributed by atoms with Gasteiger partial charge in [-0.15, -0.1) is 24.2 Å². The Kier molecular flexibility index (Phi) is 5.83. The molecular formula is C15H20Cl2N2OS. The third-order valence-corrected chi connectivity index (χ3v) is 5.27. The van der Waals surface area contributed by atoms with Crippen LogP contribution in [0.5, 0.6) is 0 Å². The van der Waals surface area contributed by atoms with Crippen molar-refractivity contribution in [1.82, 2.24) is 10.2 Å². The Morgan fingerprint density at radius 1 is 1.33 bits per heavy atom. The largest absolute Gasteiger partial charge is 0.337 e. The fourth-order valence-electron chi connectivity index (χ4n) is 3.09. The van der Waals surface area contributed by atoms with E-state index in [9.17, 15) is 4.79 Å². The lowest BCUT2D eigenvalue weighted by Gasteiger charge is -2.25.